The first-order chi connectivity index (χ1) is 10.2. The Balaban J connectivity index is 1.58. The minimum Gasteiger partial charge on any atom is -0.355 e. The summed E-state index contributed by atoms with van der Waals surface area (Å²) < 4.78 is 0. The van der Waals surface area contributed by atoms with Gasteiger partial charge in [0, 0.05) is 12.0 Å². The van der Waals surface area contributed by atoms with Crippen molar-refractivity contribution in [2.24, 2.45) is 0 Å². The number of rotatable bonds is 5. The molecule has 2 nitrogen and oxygen atoms in total. The highest BCUT2D eigenvalue weighted by Crippen LogP contribution is 2.47. The lowest BCUT2D eigenvalue weighted by Crippen LogP contribution is -2.33. The molecule has 1 aliphatic rings. The van der Waals surface area contributed by atoms with Crippen LogP contribution in [0.2, 0.25) is 0 Å². The molecule has 1 aliphatic carbocycles. The summed E-state index contributed by atoms with van der Waals surface area (Å²) in [5.41, 5.74) is 3.82. The van der Waals surface area contributed by atoms with E-state index in [1.165, 1.54) is 24.0 Å². The van der Waals surface area contributed by atoms with Gasteiger partial charge in [-0.05, 0) is 36.5 Å². The Bertz CT molecular complexity index is 629. The van der Waals surface area contributed by atoms with Gasteiger partial charge >= 0.3 is 0 Å². The van der Waals surface area contributed by atoms with Crippen LogP contribution in [0.15, 0.2) is 54.6 Å². The lowest BCUT2D eigenvalue weighted by molar-refractivity contribution is -0.120. The van der Waals surface area contributed by atoms with Gasteiger partial charge in [0.1, 0.15) is 0 Å². The maximum Gasteiger partial charge on any atom is 0.224 e. The molecule has 0 unspecified atom stereocenters. The predicted molar refractivity (Wildman–Crippen MR) is 85.2 cm³/mol. The van der Waals surface area contributed by atoms with Crippen LogP contribution in [-0.2, 0) is 16.6 Å². The lowest BCUT2D eigenvalue weighted by Gasteiger charge is -2.17. The Labute approximate surface area is 126 Å². The van der Waals surface area contributed by atoms with Crippen molar-refractivity contribution in [3.05, 3.63) is 71.3 Å². The number of aryl methyl sites for hydroxylation is 1. The zero-order chi connectivity index (χ0) is 14.7. The van der Waals surface area contributed by atoms with Gasteiger partial charge < -0.3 is 5.32 Å². The summed E-state index contributed by atoms with van der Waals surface area (Å²) in [6, 6.07) is 18.6. The number of hydrogen-bond acceptors (Lipinski definition) is 1. The fourth-order valence-corrected chi connectivity index (χ4v) is 2.82. The van der Waals surface area contributed by atoms with E-state index in [1.54, 1.807) is 0 Å². The summed E-state index contributed by atoms with van der Waals surface area (Å²) in [5.74, 6) is 0.117. The van der Waals surface area contributed by atoms with Crippen molar-refractivity contribution in [2.45, 2.75) is 31.6 Å². The van der Waals surface area contributed by atoms with Crippen LogP contribution in [0.3, 0.4) is 0 Å². The highest BCUT2D eigenvalue weighted by atomic mass is 16.1. The van der Waals surface area contributed by atoms with E-state index in [-0.39, 0.29) is 11.3 Å². The van der Waals surface area contributed by atoms with Crippen LogP contribution in [0, 0.1) is 6.92 Å². The monoisotopic (exact) mass is 279 g/mol. The van der Waals surface area contributed by atoms with E-state index in [1.807, 2.05) is 24.3 Å². The predicted octanol–water partition coefficient (Wildman–Crippen LogP) is 3.39. The molecule has 0 spiro atoms. The van der Waals surface area contributed by atoms with E-state index in [4.69, 9.17) is 0 Å². The second-order valence-corrected chi connectivity index (χ2v) is 6.03. The third-order valence-corrected chi connectivity index (χ3v) is 4.48. The first-order valence-electron chi connectivity index (χ1n) is 7.56. The average Bonchev–Trinajstić information content (AvgIpc) is 3.30. The highest BCUT2D eigenvalue weighted by Gasteiger charge is 2.44. The second-order valence-electron chi connectivity index (χ2n) is 6.03. The molecule has 108 valence electrons. The highest BCUT2D eigenvalue weighted by molar-refractivity contribution is 5.79. The van der Waals surface area contributed by atoms with Gasteiger partial charge in [-0.15, -0.1) is 0 Å². The second kappa shape index (κ2) is 5.72. The molecule has 0 aliphatic heterocycles. The molecule has 2 aromatic rings. The van der Waals surface area contributed by atoms with Crippen LogP contribution in [0.25, 0.3) is 0 Å². The Morgan fingerprint density at radius 2 is 1.71 bits per heavy atom. The molecular weight excluding hydrogens is 258 g/mol. The summed E-state index contributed by atoms with van der Waals surface area (Å²) >= 11 is 0. The van der Waals surface area contributed by atoms with Crippen molar-refractivity contribution >= 4 is 5.91 Å². The van der Waals surface area contributed by atoms with Crippen molar-refractivity contribution in [2.75, 3.05) is 6.54 Å². The summed E-state index contributed by atoms with van der Waals surface area (Å²) in [6.45, 7) is 2.80. The van der Waals surface area contributed by atoms with Crippen LogP contribution in [0.4, 0.5) is 0 Å². The average molecular weight is 279 g/mol. The first kappa shape index (κ1) is 13.9. The van der Waals surface area contributed by atoms with Crippen molar-refractivity contribution in [3.63, 3.8) is 0 Å². The lowest BCUT2D eigenvalue weighted by atomic mass is 9.96. The minimum atomic E-state index is 0.117. The third kappa shape index (κ3) is 3.15. The molecule has 1 N–H and O–H groups in total. The number of carbonyl (C=O) groups is 1. The molecule has 2 heteroatoms. The number of carbonyl (C=O) groups excluding carboxylic acids is 1. The van der Waals surface area contributed by atoms with Gasteiger partial charge in [0.25, 0.3) is 0 Å². The minimum absolute atomic E-state index is 0.117. The van der Waals surface area contributed by atoms with Crippen LogP contribution < -0.4 is 5.32 Å². The Hall–Kier alpha value is -2.09. The van der Waals surface area contributed by atoms with Crippen LogP contribution in [0.1, 0.15) is 29.5 Å². The Morgan fingerprint density at radius 3 is 2.38 bits per heavy atom. The molecule has 3 rings (SSSR count). The zero-order valence-electron chi connectivity index (χ0n) is 12.4. The van der Waals surface area contributed by atoms with E-state index in [9.17, 15) is 4.79 Å². The van der Waals surface area contributed by atoms with E-state index >= 15 is 0 Å². The number of nitrogens with one attached hydrogen (secondary N) is 1. The van der Waals surface area contributed by atoms with Gasteiger partial charge in [0.2, 0.25) is 5.91 Å². The molecule has 0 saturated heterocycles. The maximum absolute atomic E-state index is 12.2. The van der Waals surface area contributed by atoms with Crippen molar-refractivity contribution < 1.29 is 4.79 Å². The van der Waals surface area contributed by atoms with E-state index in [0.717, 1.165) is 12.1 Å². The summed E-state index contributed by atoms with van der Waals surface area (Å²) in [6.07, 6.45) is 2.81. The summed E-state index contributed by atoms with van der Waals surface area (Å²) in [4.78, 5) is 12.2. The quantitative estimate of drug-likeness (QED) is 0.893. The van der Waals surface area contributed by atoms with E-state index in [0.29, 0.717) is 6.42 Å². The van der Waals surface area contributed by atoms with Gasteiger partial charge in [-0.25, -0.2) is 0 Å². The standard InChI is InChI=1S/C19H21NO/c1-15-7-5-6-8-16(15)13-18(21)20-14-19(11-12-19)17-9-3-2-4-10-17/h2-10H,11-14H2,1H3,(H,20,21). The van der Waals surface area contributed by atoms with E-state index in [2.05, 4.69) is 42.6 Å². The van der Waals surface area contributed by atoms with Gasteiger partial charge in [0.05, 0.1) is 6.42 Å². The summed E-state index contributed by atoms with van der Waals surface area (Å²) in [7, 11) is 0. The molecule has 1 fully saturated rings. The molecule has 0 aromatic heterocycles. The summed E-state index contributed by atoms with van der Waals surface area (Å²) in [5, 5.41) is 3.12. The molecule has 1 saturated carbocycles. The van der Waals surface area contributed by atoms with Crippen molar-refractivity contribution in [1.82, 2.24) is 5.32 Å². The molecule has 0 atom stereocenters. The Morgan fingerprint density at radius 1 is 1.05 bits per heavy atom. The van der Waals surface area contributed by atoms with Gasteiger partial charge in [-0.1, -0.05) is 54.6 Å². The molecule has 0 heterocycles. The fraction of sp³-hybridized carbons (Fsp3) is 0.316. The van der Waals surface area contributed by atoms with Crippen LogP contribution in [-0.4, -0.2) is 12.5 Å². The largest absolute Gasteiger partial charge is 0.355 e. The molecular formula is C19H21NO. The molecule has 0 radical (unpaired) electrons. The SMILES string of the molecule is Cc1ccccc1CC(=O)NCC1(c2ccccc2)CC1. The molecule has 0 bridgehead atoms. The topological polar surface area (TPSA) is 29.1 Å². The van der Waals surface area contributed by atoms with Crippen LogP contribution in [0.5, 0.6) is 0 Å². The fourth-order valence-electron chi connectivity index (χ4n) is 2.82. The molecule has 1 amide bonds. The zero-order valence-corrected chi connectivity index (χ0v) is 12.4. The Kier molecular flexibility index (Phi) is 3.78. The number of benzene rings is 2. The van der Waals surface area contributed by atoms with Gasteiger partial charge in [-0.2, -0.15) is 0 Å². The van der Waals surface area contributed by atoms with Gasteiger partial charge in [0.15, 0.2) is 0 Å². The number of hydrogen-bond donors (Lipinski definition) is 1. The third-order valence-electron chi connectivity index (χ3n) is 4.48. The smallest absolute Gasteiger partial charge is 0.224 e. The number of amides is 1. The van der Waals surface area contributed by atoms with Crippen molar-refractivity contribution in [1.29, 1.82) is 0 Å². The maximum atomic E-state index is 12.2. The normalized spacial score (nSPS) is 15.5. The van der Waals surface area contributed by atoms with E-state index < -0.39 is 0 Å². The van der Waals surface area contributed by atoms with Gasteiger partial charge in [-0.3, -0.25) is 4.79 Å². The first-order valence-corrected chi connectivity index (χ1v) is 7.56. The van der Waals surface area contributed by atoms with Crippen molar-refractivity contribution in [3.8, 4) is 0 Å². The molecule has 21 heavy (non-hydrogen) atoms. The van der Waals surface area contributed by atoms with Crippen LogP contribution >= 0.6 is 0 Å². The molecule has 2 aromatic carbocycles.